The lowest BCUT2D eigenvalue weighted by Gasteiger charge is -2.21. The SMILES string of the molecule is CCCCCCCC[N+](CCCCCCCC)=C1N=C(c2ccccc2)C(=C2C(=O)C(c3cc4ccccc4s3)=C2O)S1. The Labute approximate surface area is 265 Å². The summed E-state index contributed by atoms with van der Waals surface area (Å²) in [5.41, 5.74) is 2.61. The van der Waals surface area contributed by atoms with Gasteiger partial charge in [-0.3, -0.25) is 9.37 Å². The van der Waals surface area contributed by atoms with Crippen LogP contribution in [-0.2, 0) is 4.79 Å². The minimum atomic E-state index is -0.0881. The van der Waals surface area contributed by atoms with Crippen molar-refractivity contribution in [3.8, 4) is 0 Å². The Kier molecular flexibility index (Phi) is 11.5. The van der Waals surface area contributed by atoms with Gasteiger partial charge in [0.1, 0.15) is 5.76 Å². The summed E-state index contributed by atoms with van der Waals surface area (Å²) in [6.45, 7) is 6.46. The third kappa shape index (κ3) is 7.58. The third-order valence-corrected chi connectivity index (χ3v) is 10.6. The number of hydrogen-bond acceptors (Lipinski definition) is 4. The number of benzene rings is 2. The maximum absolute atomic E-state index is 13.7. The van der Waals surface area contributed by atoms with Crippen molar-refractivity contribution in [1.82, 2.24) is 0 Å². The molecule has 226 valence electrons. The van der Waals surface area contributed by atoms with E-state index in [1.807, 2.05) is 54.6 Å². The average Bonchev–Trinajstić information content (AvgIpc) is 3.64. The van der Waals surface area contributed by atoms with Crippen molar-refractivity contribution in [2.45, 2.75) is 90.9 Å². The van der Waals surface area contributed by atoms with Crippen LogP contribution in [0.15, 0.2) is 81.9 Å². The van der Waals surface area contributed by atoms with E-state index in [0.717, 1.165) is 62.2 Å². The maximum atomic E-state index is 13.7. The molecule has 1 aliphatic carbocycles. The van der Waals surface area contributed by atoms with E-state index >= 15 is 0 Å². The van der Waals surface area contributed by atoms with E-state index in [1.165, 1.54) is 64.2 Å². The lowest BCUT2D eigenvalue weighted by Crippen LogP contribution is -2.23. The molecule has 5 rings (SSSR count). The summed E-state index contributed by atoms with van der Waals surface area (Å²) in [5, 5.41) is 13.4. The van der Waals surface area contributed by atoms with Crippen molar-refractivity contribution in [1.29, 1.82) is 0 Å². The number of unbranched alkanes of at least 4 members (excludes halogenated alkanes) is 10. The summed E-state index contributed by atoms with van der Waals surface area (Å²) in [6.07, 6.45) is 15.1. The second-order valence-electron chi connectivity index (χ2n) is 11.6. The van der Waals surface area contributed by atoms with Crippen LogP contribution in [-0.4, -0.2) is 39.4 Å². The van der Waals surface area contributed by atoms with Crippen LogP contribution in [0.3, 0.4) is 0 Å². The molecule has 1 aromatic heterocycles. The smallest absolute Gasteiger partial charge is 0.360 e. The number of thioether (sulfide) groups is 1. The van der Waals surface area contributed by atoms with E-state index in [2.05, 4.69) is 24.5 Å². The van der Waals surface area contributed by atoms with Gasteiger partial charge in [-0.2, -0.15) is 0 Å². The normalized spacial score (nSPS) is 16.7. The van der Waals surface area contributed by atoms with Crippen molar-refractivity contribution in [3.05, 3.63) is 87.3 Å². The molecule has 6 heteroatoms. The van der Waals surface area contributed by atoms with Gasteiger partial charge < -0.3 is 5.11 Å². The van der Waals surface area contributed by atoms with Crippen molar-refractivity contribution >= 4 is 55.4 Å². The first-order valence-corrected chi connectivity index (χ1v) is 17.9. The molecule has 2 aliphatic rings. The Morgan fingerprint density at radius 2 is 1.35 bits per heavy atom. The lowest BCUT2D eigenvalue weighted by atomic mass is 9.85. The Balaban J connectivity index is 1.45. The van der Waals surface area contributed by atoms with E-state index in [4.69, 9.17) is 4.99 Å². The van der Waals surface area contributed by atoms with Gasteiger partial charge in [0.15, 0.2) is 5.71 Å². The number of carbonyl (C=O) groups is 1. The molecule has 2 heterocycles. The number of ketones is 1. The predicted octanol–water partition coefficient (Wildman–Crippen LogP) is 10.3. The standard InChI is InChI=1S/C37H44N2O2S2/c1-3-5-7-9-11-18-24-39(25-19-12-10-8-6-4-2)37-38-33(27-20-14-13-15-21-27)36(43-37)32-34(40)31(35(32)41)30-26-28-22-16-17-23-29(28)42-30/h13-17,20-23,26H,3-12,18-19,24-25H2,1-2H3/p+1. The average molecular weight is 614 g/mol. The van der Waals surface area contributed by atoms with E-state index in [-0.39, 0.29) is 11.5 Å². The Bertz CT molecular complexity index is 1490. The topological polar surface area (TPSA) is 52.7 Å². The van der Waals surface area contributed by atoms with Crippen LogP contribution in [0.5, 0.6) is 0 Å². The zero-order chi connectivity index (χ0) is 30.0. The molecule has 3 aromatic rings. The third-order valence-electron chi connectivity index (χ3n) is 8.32. The second kappa shape index (κ2) is 15.7. The molecule has 0 radical (unpaired) electrons. The molecule has 0 saturated heterocycles. The number of aliphatic hydroxyl groups excluding tert-OH is 1. The van der Waals surface area contributed by atoms with E-state index in [9.17, 15) is 9.90 Å². The highest BCUT2D eigenvalue weighted by Gasteiger charge is 2.44. The van der Waals surface area contributed by atoms with Crippen LogP contribution in [0.4, 0.5) is 0 Å². The quantitative estimate of drug-likeness (QED) is 0.0993. The van der Waals surface area contributed by atoms with Gasteiger partial charge in [0.05, 0.1) is 29.1 Å². The highest BCUT2D eigenvalue weighted by Crippen LogP contribution is 2.46. The zero-order valence-electron chi connectivity index (χ0n) is 25.7. The largest absolute Gasteiger partial charge is 0.506 e. The Morgan fingerprint density at radius 3 is 1.98 bits per heavy atom. The van der Waals surface area contributed by atoms with Gasteiger partial charge in [-0.1, -0.05) is 114 Å². The second-order valence-corrected chi connectivity index (χ2v) is 13.7. The van der Waals surface area contributed by atoms with E-state index in [0.29, 0.717) is 11.1 Å². The maximum Gasteiger partial charge on any atom is 0.360 e. The summed E-state index contributed by atoms with van der Waals surface area (Å²) in [7, 11) is 0. The van der Waals surface area contributed by atoms with Gasteiger partial charge in [-0.25, -0.2) is 0 Å². The van der Waals surface area contributed by atoms with Crippen molar-refractivity contribution in [3.63, 3.8) is 0 Å². The molecule has 0 saturated carbocycles. The van der Waals surface area contributed by atoms with Gasteiger partial charge in [0.25, 0.3) is 0 Å². The molecule has 1 N–H and O–H groups in total. The number of amidine groups is 1. The molecule has 0 fully saturated rings. The van der Waals surface area contributed by atoms with Crippen LogP contribution >= 0.6 is 23.1 Å². The van der Waals surface area contributed by atoms with Crippen molar-refractivity contribution in [2.75, 3.05) is 13.1 Å². The van der Waals surface area contributed by atoms with Gasteiger partial charge in [0.2, 0.25) is 5.78 Å². The van der Waals surface area contributed by atoms with Crippen LogP contribution in [0.25, 0.3) is 15.7 Å². The Hall–Kier alpha value is -2.96. The van der Waals surface area contributed by atoms with Crippen LogP contribution in [0.1, 0.15) is 101 Å². The highest BCUT2D eigenvalue weighted by molar-refractivity contribution is 8.18. The number of rotatable bonds is 16. The number of thiophene rings is 1. The number of allylic oxidation sites excluding steroid dienone is 3. The summed E-state index contributed by atoms with van der Waals surface area (Å²) >= 11 is 3.12. The molecule has 0 amide bonds. The molecular weight excluding hydrogens is 569 g/mol. The summed E-state index contributed by atoms with van der Waals surface area (Å²) < 4.78 is 3.56. The van der Waals surface area contributed by atoms with Crippen LogP contribution < -0.4 is 0 Å². The molecule has 0 bridgehead atoms. The molecule has 0 unspecified atom stereocenters. The Morgan fingerprint density at radius 1 is 0.744 bits per heavy atom. The fourth-order valence-corrected chi connectivity index (χ4v) is 8.11. The number of aliphatic hydroxyl groups is 1. The minimum absolute atomic E-state index is 0.0881. The van der Waals surface area contributed by atoms with Crippen LogP contribution in [0, 0.1) is 0 Å². The number of carbonyl (C=O) groups excluding carboxylic acids is 1. The lowest BCUT2D eigenvalue weighted by molar-refractivity contribution is -0.527. The first-order valence-electron chi connectivity index (χ1n) is 16.3. The number of nitrogens with zero attached hydrogens (tertiary/aromatic N) is 2. The van der Waals surface area contributed by atoms with Crippen molar-refractivity contribution in [2.24, 2.45) is 4.99 Å². The number of aliphatic imine (C=N–C) groups is 1. The highest BCUT2D eigenvalue weighted by atomic mass is 32.2. The van der Waals surface area contributed by atoms with Gasteiger partial charge in [-0.05, 0) is 48.2 Å². The fraction of sp³-hybridized carbons (Fsp3) is 0.432. The van der Waals surface area contributed by atoms with Gasteiger partial charge >= 0.3 is 5.17 Å². The molecule has 4 nitrogen and oxygen atoms in total. The first kappa shape index (κ1) is 31.5. The number of hydrogen-bond donors (Lipinski definition) is 1. The molecule has 1 aliphatic heterocycles. The molecule has 2 aromatic carbocycles. The summed E-state index contributed by atoms with van der Waals surface area (Å²) in [5.74, 6) is 0.0113. The fourth-order valence-electron chi connectivity index (χ4n) is 5.82. The monoisotopic (exact) mass is 613 g/mol. The van der Waals surface area contributed by atoms with Gasteiger partial charge in [0, 0.05) is 26.9 Å². The predicted molar refractivity (Wildman–Crippen MR) is 186 cm³/mol. The summed E-state index contributed by atoms with van der Waals surface area (Å²) in [4.78, 5) is 20.5. The first-order chi connectivity index (χ1) is 21.1. The van der Waals surface area contributed by atoms with E-state index in [1.54, 1.807) is 23.1 Å². The minimum Gasteiger partial charge on any atom is -0.506 e. The molecule has 0 atom stereocenters. The van der Waals surface area contributed by atoms with Crippen LogP contribution in [0.2, 0.25) is 0 Å². The molecule has 0 spiro atoms. The van der Waals surface area contributed by atoms with Crippen molar-refractivity contribution < 1.29 is 14.5 Å². The molecule has 43 heavy (non-hydrogen) atoms. The summed E-state index contributed by atoms with van der Waals surface area (Å²) in [6, 6.07) is 20.2. The number of Topliss-reactive ketones (excluding diaryl/α,β-unsaturated/α-hetero) is 1. The number of fused-ring (bicyclic) bond motifs is 1. The van der Waals surface area contributed by atoms with Gasteiger partial charge in [-0.15, -0.1) is 11.3 Å². The van der Waals surface area contributed by atoms with E-state index < -0.39 is 0 Å². The molecular formula is C37H45N2O2S2+. The zero-order valence-corrected chi connectivity index (χ0v) is 27.4.